The van der Waals surface area contributed by atoms with Crippen LogP contribution in [0.5, 0.6) is 0 Å². The molecule has 3 fully saturated rings. The Hall–Kier alpha value is -0.670. The van der Waals surface area contributed by atoms with Gasteiger partial charge in [0.15, 0.2) is 5.78 Å². The van der Waals surface area contributed by atoms with Gasteiger partial charge in [-0.25, -0.2) is 0 Å². The molecule has 3 aliphatic rings. The molecular weight excluding hydrogens is 288 g/mol. The van der Waals surface area contributed by atoms with Crippen molar-refractivity contribution in [2.24, 2.45) is 28.1 Å². The molecule has 0 amide bonds. The van der Waals surface area contributed by atoms with Crippen LogP contribution in [0.15, 0.2) is 12.7 Å². The molecule has 0 heterocycles. The van der Waals surface area contributed by atoms with Crippen LogP contribution in [0.2, 0.25) is 0 Å². The zero-order chi connectivity index (χ0) is 17.1. The number of hydrogen-bond donors (Lipinski definition) is 2. The lowest BCUT2D eigenvalue weighted by Crippen LogP contribution is -2.66. The molecule has 0 spiro atoms. The molecule has 3 aliphatic carbocycles. The molecule has 0 aromatic carbocycles. The highest BCUT2D eigenvalue weighted by molar-refractivity contribution is 5.89. The molecule has 3 heteroatoms. The minimum atomic E-state index is -1.21. The van der Waals surface area contributed by atoms with E-state index < -0.39 is 5.60 Å². The number of hydrogen-bond acceptors (Lipinski definition) is 3. The van der Waals surface area contributed by atoms with Gasteiger partial charge in [0.25, 0.3) is 0 Å². The second-order valence-corrected chi connectivity index (χ2v) is 9.40. The van der Waals surface area contributed by atoms with Gasteiger partial charge in [-0.05, 0) is 54.3 Å². The zero-order valence-corrected chi connectivity index (χ0v) is 14.9. The van der Waals surface area contributed by atoms with Gasteiger partial charge in [0.05, 0.1) is 0 Å². The molecule has 23 heavy (non-hydrogen) atoms. The first-order valence-corrected chi connectivity index (χ1v) is 9.14. The third-order valence-electron chi connectivity index (χ3n) is 7.88. The molecule has 0 aromatic rings. The number of allylic oxidation sites excluding steroid dienone is 1. The van der Waals surface area contributed by atoms with Crippen LogP contribution >= 0.6 is 0 Å². The van der Waals surface area contributed by atoms with Crippen molar-refractivity contribution in [3.05, 3.63) is 12.7 Å². The normalized spacial score (nSPS) is 53.3. The molecule has 0 radical (unpaired) electrons. The average molecular weight is 320 g/mol. The highest BCUT2D eigenvalue weighted by atomic mass is 16.3. The fourth-order valence-electron chi connectivity index (χ4n) is 6.35. The van der Waals surface area contributed by atoms with Crippen molar-refractivity contribution in [1.29, 1.82) is 0 Å². The summed E-state index contributed by atoms with van der Waals surface area (Å²) in [5.41, 5.74) is -1.61. The number of aliphatic hydroxyl groups is 2. The minimum absolute atomic E-state index is 0.000625. The van der Waals surface area contributed by atoms with Crippen molar-refractivity contribution in [3.8, 4) is 0 Å². The molecule has 2 N–H and O–H groups in total. The summed E-state index contributed by atoms with van der Waals surface area (Å²) in [7, 11) is 0. The molecule has 0 unspecified atom stereocenters. The summed E-state index contributed by atoms with van der Waals surface area (Å²) in [6, 6.07) is 0. The monoisotopic (exact) mass is 320 g/mol. The molecule has 6 atom stereocenters. The Labute approximate surface area is 140 Å². The largest absolute Gasteiger partial charge is 0.396 e. The van der Waals surface area contributed by atoms with E-state index in [9.17, 15) is 15.0 Å². The molecule has 0 saturated heterocycles. The van der Waals surface area contributed by atoms with Crippen LogP contribution in [0, 0.1) is 28.1 Å². The van der Waals surface area contributed by atoms with Crippen LogP contribution < -0.4 is 0 Å². The third-order valence-corrected chi connectivity index (χ3v) is 7.88. The second kappa shape index (κ2) is 5.16. The highest BCUT2D eigenvalue weighted by Crippen LogP contribution is 2.65. The predicted octanol–water partition coefficient (Wildman–Crippen LogP) is 3.49. The SMILES string of the molecule is C=C[C@]1(C)CC[C@@H]2[C@]3(C)CCC[C@](C)(CO)[C@H]3CC(=O)[C@@]2(O)C1. The molecular formula is C20H32O3. The minimum Gasteiger partial charge on any atom is -0.396 e. The Morgan fingerprint density at radius 2 is 1.91 bits per heavy atom. The maximum absolute atomic E-state index is 13.0. The molecule has 3 saturated carbocycles. The zero-order valence-electron chi connectivity index (χ0n) is 14.9. The van der Waals surface area contributed by atoms with Gasteiger partial charge in [-0.3, -0.25) is 4.79 Å². The second-order valence-electron chi connectivity index (χ2n) is 9.40. The van der Waals surface area contributed by atoms with Gasteiger partial charge < -0.3 is 10.2 Å². The lowest BCUT2D eigenvalue weighted by Gasteiger charge is -2.63. The topological polar surface area (TPSA) is 57.5 Å². The molecule has 0 aliphatic heterocycles. The lowest BCUT2D eigenvalue weighted by molar-refractivity contribution is -0.206. The summed E-state index contributed by atoms with van der Waals surface area (Å²) >= 11 is 0. The predicted molar refractivity (Wildman–Crippen MR) is 90.9 cm³/mol. The summed E-state index contributed by atoms with van der Waals surface area (Å²) in [5, 5.41) is 21.4. The Bertz CT molecular complexity index is 529. The lowest BCUT2D eigenvalue weighted by atomic mass is 9.41. The smallest absolute Gasteiger partial charge is 0.164 e. The van der Waals surface area contributed by atoms with Crippen molar-refractivity contribution in [3.63, 3.8) is 0 Å². The van der Waals surface area contributed by atoms with Crippen molar-refractivity contribution in [1.82, 2.24) is 0 Å². The van der Waals surface area contributed by atoms with E-state index in [1.54, 1.807) is 0 Å². The number of ketones is 1. The quantitative estimate of drug-likeness (QED) is 0.766. The summed E-state index contributed by atoms with van der Waals surface area (Å²) < 4.78 is 0. The first kappa shape index (κ1) is 17.2. The first-order valence-electron chi connectivity index (χ1n) is 9.14. The average Bonchev–Trinajstić information content (AvgIpc) is 2.50. The number of rotatable bonds is 2. The summed E-state index contributed by atoms with van der Waals surface area (Å²) in [6.07, 6.45) is 7.79. The highest BCUT2D eigenvalue weighted by Gasteiger charge is 2.65. The Balaban J connectivity index is 2.03. The first-order chi connectivity index (χ1) is 10.6. The van der Waals surface area contributed by atoms with Gasteiger partial charge in [0.2, 0.25) is 0 Å². The maximum atomic E-state index is 13.0. The van der Waals surface area contributed by atoms with Crippen LogP contribution in [-0.4, -0.2) is 28.2 Å². The van der Waals surface area contributed by atoms with Gasteiger partial charge in [0.1, 0.15) is 5.60 Å². The van der Waals surface area contributed by atoms with Crippen LogP contribution in [0.1, 0.15) is 65.7 Å². The molecule has 3 rings (SSSR count). The number of carbonyl (C=O) groups is 1. The van der Waals surface area contributed by atoms with Gasteiger partial charge in [-0.1, -0.05) is 33.3 Å². The van der Waals surface area contributed by atoms with Crippen molar-refractivity contribution >= 4 is 5.78 Å². The van der Waals surface area contributed by atoms with Crippen LogP contribution in [0.4, 0.5) is 0 Å². The van der Waals surface area contributed by atoms with Gasteiger partial charge in [-0.2, -0.15) is 0 Å². The number of Topliss-reactive ketones (excluding diaryl/α,β-unsaturated/α-hetero) is 1. The van der Waals surface area contributed by atoms with Gasteiger partial charge >= 0.3 is 0 Å². The van der Waals surface area contributed by atoms with E-state index in [0.717, 1.165) is 32.1 Å². The fourth-order valence-corrected chi connectivity index (χ4v) is 6.35. The van der Waals surface area contributed by atoms with Gasteiger partial charge in [-0.15, -0.1) is 6.58 Å². The Kier molecular flexibility index (Phi) is 3.85. The van der Waals surface area contributed by atoms with E-state index in [-0.39, 0.29) is 40.5 Å². The van der Waals surface area contributed by atoms with E-state index in [0.29, 0.717) is 12.8 Å². The van der Waals surface area contributed by atoms with E-state index >= 15 is 0 Å². The Morgan fingerprint density at radius 1 is 1.22 bits per heavy atom. The summed E-state index contributed by atoms with van der Waals surface area (Å²) in [6.45, 7) is 10.6. The standard InChI is InChI=1S/C20H32O3/c1-5-17(2)10-7-14-19(4)9-6-8-18(3,13-21)15(19)11-16(22)20(14,23)12-17/h5,14-15,21,23H,1,6-13H2,2-4H3/t14-,15-,17-,18-,19+,20-/m1/s1. The van der Waals surface area contributed by atoms with Crippen molar-refractivity contribution in [2.45, 2.75) is 71.3 Å². The van der Waals surface area contributed by atoms with Crippen LogP contribution in [0.25, 0.3) is 0 Å². The number of aliphatic hydroxyl groups excluding tert-OH is 1. The maximum Gasteiger partial charge on any atom is 0.164 e. The fraction of sp³-hybridized carbons (Fsp3) is 0.850. The molecule has 3 nitrogen and oxygen atoms in total. The van der Waals surface area contributed by atoms with E-state index in [4.69, 9.17) is 0 Å². The number of fused-ring (bicyclic) bond motifs is 3. The van der Waals surface area contributed by atoms with E-state index in [1.807, 2.05) is 6.08 Å². The molecule has 0 aromatic heterocycles. The molecule has 130 valence electrons. The summed E-state index contributed by atoms with van der Waals surface area (Å²) in [4.78, 5) is 13.0. The Morgan fingerprint density at radius 3 is 2.52 bits per heavy atom. The van der Waals surface area contributed by atoms with E-state index in [2.05, 4.69) is 27.4 Å². The summed E-state index contributed by atoms with van der Waals surface area (Å²) in [5.74, 6) is 0.194. The van der Waals surface area contributed by atoms with Gasteiger partial charge in [0, 0.05) is 18.9 Å². The van der Waals surface area contributed by atoms with Crippen molar-refractivity contribution in [2.75, 3.05) is 6.61 Å². The third kappa shape index (κ3) is 2.26. The van der Waals surface area contributed by atoms with Crippen molar-refractivity contribution < 1.29 is 15.0 Å². The van der Waals surface area contributed by atoms with Crippen LogP contribution in [0.3, 0.4) is 0 Å². The number of carbonyl (C=O) groups excluding carboxylic acids is 1. The molecule has 0 bridgehead atoms. The van der Waals surface area contributed by atoms with Crippen LogP contribution in [-0.2, 0) is 4.79 Å². The van der Waals surface area contributed by atoms with E-state index in [1.165, 1.54) is 0 Å².